The lowest BCUT2D eigenvalue weighted by Gasteiger charge is -2.04. The fraction of sp³-hybridized carbons (Fsp3) is 0.429. The molecule has 0 aliphatic rings. The molecule has 0 saturated heterocycles. The minimum Gasteiger partial charge on any atom is -0.368 e. The number of rotatable bonds is 4. The van der Waals surface area contributed by atoms with Gasteiger partial charge in [0.25, 0.3) is 5.56 Å². The van der Waals surface area contributed by atoms with Crippen molar-refractivity contribution in [3.05, 3.63) is 21.2 Å². The summed E-state index contributed by atoms with van der Waals surface area (Å²) in [4.78, 5) is 17.3. The van der Waals surface area contributed by atoms with Gasteiger partial charge in [-0.3, -0.25) is 4.79 Å². The van der Waals surface area contributed by atoms with Crippen molar-refractivity contribution >= 4 is 31.6 Å². The largest absolute Gasteiger partial charge is 0.368 e. The smallest absolute Gasteiger partial charge is 0.267 e. The molecule has 0 fully saturated rings. The molecule has 8 heteroatoms. The SMILES string of the molecule is CS(=O)(=O)CCNc1nc[nH]c(=O)c1Br. The van der Waals surface area contributed by atoms with E-state index in [0.717, 1.165) is 6.26 Å². The minimum absolute atomic E-state index is 0.00603. The van der Waals surface area contributed by atoms with Crippen LogP contribution < -0.4 is 10.9 Å². The van der Waals surface area contributed by atoms with Gasteiger partial charge in [-0.05, 0) is 15.9 Å². The fourth-order valence-corrected chi connectivity index (χ4v) is 1.69. The van der Waals surface area contributed by atoms with Gasteiger partial charge in [-0.25, -0.2) is 13.4 Å². The van der Waals surface area contributed by atoms with Crippen LogP contribution in [0.15, 0.2) is 15.6 Å². The molecule has 1 aromatic heterocycles. The minimum atomic E-state index is -3.01. The van der Waals surface area contributed by atoms with Crippen LogP contribution >= 0.6 is 15.9 Å². The van der Waals surface area contributed by atoms with Crippen molar-refractivity contribution in [1.29, 1.82) is 0 Å². The number of H-pyrrole nitrogens is 1. The highest BCUT2D eigenvalue weighted by atomic mass is 79.9. The number of nitrogens with one attached hydrogen (secondary N) is 2. The lowest BCUT2D eigenvalue weighted by atomic mass is 10.5. The molecule has 0 aliphatic heterocycles. The Balaban J connectivity index is 2.67. The van der Waals surface area contributed by atoms with Crippen LogP contribution in [-0.2, 0) is 9.84 Å². The fourth-order valence-electron chi connectivity index (χ4n) is 0.861. The molecular formula is C7H10BrN3O3S. The summed E-state index contributed by atoms with van der Waals surface area (Å²) in [6, 6.07) is 0. The Morgan fingerprint density at radius 2 is 2.27 bits per heavy atom. The summed E-state index contributed by atoms with van der Waals surface area (Å²) in [5, 5.41) is 2.75. The second-order valence-corrected chi connectivity index (χ2v) is 6.00. The molecule has 1 heterocycles. The first-order valence-corrected chi connectivity index (χ1v) is 6.90. The molecule has 1 rings (SSSR count). The maximum absolute atomic E-state index is 11.1. The van der Waals surface area contributed by atoms with Crippen LogP contribution in [-0.4, -0.2) is 36.9 Å². The van der Waals surface area contributed by atoms with E-state index in [4.69, 9.17) is 0 Å². The number of hydrogen-bond acceptors (Lipinski definition) is 5. The summed E-state index contributed by atoms with van der Waals surface area (Å²) in [6.07, 6.45) is 2.39. The summed E-state index contributed by atoms with van der Waals surface area (Å²) in [5.41, 5.74) is -0.313. The first kappa shape index (κ1) is 12.2. The zero-order valence-corrected chi connectivity index (χ0v) is 10.4. The van der Waals surface area contributed by atoms with Crippen molar-refractivity contribution in [1.82, 2.24) is 9.97 Å². The van der Waals surface area contributed by atoms with E-state index in [-0.39, 0.29) is 22.3 Å². The summed E-state index contributed by atoms with van der Waals surface area (Å²) in [6.45, 7) is 0.216. The third-order valence-electron chi connectivity index (χ3n) is 1.56. The molecule has 84 valence electrons. The van der Waals surface area contributed by atoms with Gasteiger partial charge in [0, 0.05) is 12.8 Å². The molecule has 6 nitrogen and oxygen atoms in total. The highest BCUT2D eigenvalue weighted by Gasteiger charge is 2.06. The van der Waals surface area contributed by atoms with Crippen molar-refractivity contribution < 1.29 is 8.42 Å². The zero-order valence-electron chi connectivity index (χ0n) is 7.95. The standard InChI is InChI=1S/C7H10BrN3O3S/c1-15(13,14)3-2-9-6-5(8)7(12)11-4-10-6/h4H,2-3H2,1H3,(H2,9,10,11,12). The van der Waals surface area contributed by atoms with Crippen LogP contribution in [0.4, 0.5) is 5.82 Å². The molecule has 0 atom stereocenters. The molecule has 0 bridgehead atoms. The number of aromatic nitrogens is 2. The second kappa shape index (κ2) is 4.75. The average molecular weight is 296 g/mol. The Morgan fingerprint density at radius 3 is 2.87 bits per heavy atom. The normalized spacial score (nSPS) is 11.3. The molecule has 1 aromatic rings. The Bertz CT molecular complexity index is 496. The summed E-state index contributed by atoms with van der Waals surface area (Å²) in [7, 11) is -3.01. The Morgan fingerprint density at radius 1 is 1.60 bits per heavy atom. The predicted molar refractivity (Wildman–Crippen MR) is 60.8 cm³/mol. The molecule has 0 radical (unpaired) electrons. The number of halogens is 1. The first-order chi connectivity index (χ1) is 6.90. The van der Waals surface area contributed by atoms with Gasteiger partial charge >= 0.3 is 0 Å². The van der Waals surface area contributed by atoms with Gasteiger partial charge in [-0.1, -0.05) is 0 Å². The van der Waals surface area contributed by atoms with Crippen LogP contribution in [0.25, 0.3) is 0 Å². The number of nitrogens with zero attached hydrogens (tertiary/aromatic N) is 1. The Hall–Kier alpha value is -0.890. The van der Waals surface area contributed by atoms with E-state index in [1.54, 1.807) is 0 Å². The predicted octanol–water partition coefficient (Wildman–Crippen LogP) is -0.0111. The van der Waals surface area contributed by atoms with Crippen molar-refractivity contribution in [2.75, 3.05) is 23.9 Å². The van der Waals surface area contributed by atoms with Crippen LogP contribution in [0.1, 0.15) is 0 Å². The van der Waals surface area contributed by atoms with Gasteiger partial charge in [0.2, 0.25) is 0 Å². The van der Waals surface area contributed by atoms with Crippen molar-refractivity contribution in [3.63, 3.8) is 0 Å². The molecule has 15 heavy (non-hydrogen) atoms. The molecule has 0 unspecified atom stereocenters. The molecule has 2 N–H and O–H groups in total. The van der Waals surface area contributed by atoms with Gasteiger partial charge in [0.1, 0.15) is 20.1 Å². The third kappa shape index (κ3) is 4.00. The topological polar surface area (TPSA) is 91.9 Å². The Kier molecular flexibility index (Phi) is 3.86. The van der Waals surface area contributed by atoms with Crippen LogP contribution in [0.5, 0.6) is 0 Å². The van der Waals surface area contributed by atoms with Crippen molar-refractivity contribution in [2.24, 2.45) is 0 Å². The van der Waals surface area contributed by atoms with Gasteiger partial charge < -0.3 is 10.3 Å². The first-order valence-electron chi connectivity index (χ1n) is 4.05. The monoisotopic (exact) mass is 295 g/mol. The van der Waals surface area contributed by atoms with Gasteiger partial charge in [0.05, 0.1) is 12.1 Å². The average Bonchev–Trinajstić information content (AvgIpc) is 2.10. The molecular weight excluding hydrogens is 286 g/mol. The van der Waals surface area contributed by atoms with E-state index < -0.39 is 9.84 Å². The van der Waals surface area contributed by atoms with Crippen LogP contribution in [0.2, 0.25) is 0 Å². The number of hydrogen-bond donors (Lipinski definition) is 2. The third-order valence-corrected chi connectivity index (χ3v) is 3.24. The van der Waals surface area contributed by atoms with Crippen LogP contribution in [0, 0.1) is 0 Å². The van der Waals surface area contributed by atoms with E-state index in [9.17, 15) is 13.2 Å². The summed E-state index contributed by atoms with van der Waals surface area (Å²) < 4.78 is 21.9. The molecule has 0 spiro atoms. The highest BCUT2D eigenvalue weighted by Crippen LogP contribution is 2.12. The number of anilines is 1. The maximum atomic E-state index is 11.1. The van der Waals surface area contributed by atoms with Gasteiger partial charge in [-0.15, -0.1) is 0 Å². The van der Waals surface area contributed by atoms with Crippen LogP contribution in [0.3, 0.4) is 0 Å². The molecule has 0 aromatic carbocycles. The van der Waals surface area contributed by atoms with E-state index in [2.05, 4.69) is 31.2 Å². The van der Waals surface area contributed by atoms with Crippen molar-refractivity contribution in [2.45, 2.75) is 0 Å². The number of aromatic amines is 1. The van der Waals surface area contributed by atoms with E-state index >= 15 is 0 Å². The van der Waals surface area contributed by atoms with E-state index in [1.807, 2.05) is 0 Å². The molecule has 0 saturated carbocycles. The number of sulfone groups is 1. The van der Waals surface area contributed by atoms with E-state index in [0.29, 0.717) is 5.82 Å². The summed E-state index contributed by atoms with van der Waals surface area (Å²) in [5.74, 6) is 0.330. The highest BCUT2D eigenvalue weighted by molar-refractivity contribution is 9.10. The Labute approximate surface area is 95.2 Å². The van der Waals surface area contributed by atoms with Gasteiger partial charge in [0.15, 0.2) is 0 Å². The van der Waals surface area contributed by atoms with Crippen molar-refractivity contribution in [3.8, 4) is 0 Å². The molecule has 0 amide bonds. The quantitative estimate of drug-likeness (QED) is 0.815. The summed E-state index contributed by atoms with van der Waals surface area (Å²) >= 11 is 3.04. The molecule has 0 aliphatic carbocycles. The second-order valence-electron chi connectivity index (χ2n) is 2.95. The van der Waals surface area contributed by atoms with E-state index in [1.165, 1.54) is 6.33 Å². The zero-order chi connectivity index (χ0) is 11.5. The maximum Gasteiger partial charge on any atom is 0.267 e. The lowest BCUT2D eigenvalue weighted by Crippen LogP contribution is -2.17. The van der Waals surface area contributed by atoms with Gasteiger partial charge in [-0.2, -0.15) is 0 Å². The lowest BCUT2D eigenvalue weighted by molar-refractivity contribution is 0.602.